The summed E-state index contributed by atoms with van der Waals surface area (Å²) in [5.41, 5.74) is 3.81. The van der Waals surface area contributed by atoms with Crippen molar-refractivity contribution in [1.29, 1.82) is 0 Å². The summed E-state index contributed by atoms with van der Waals surface area (Å²) in [5, 5.41) is 3.03. The van der Waals surface area contributed by atoms with E-state index >= 15 is 0 Å². The van der Waals surface area contributed by atoms with Crippen molar-refractivity contribution in [1.82, 2.24) is 4.90 Å². The fourth-order valence-corrected chi connectivity index (χ4v) is 3.98. The minimum atomic E-state index is -0.443. The standard InChI is InChI=1S/C26H23ClN2O3/c1-15-8-10-17(11-9-15)14-29(3)16(2)26(32)28-23-13-21-20(12-22(23)27)24(30)18-6-4-5-7-19(18)25(21)31/h4-13,16H,14H2,1-3H3,(H,28,32). The Labute approximate surface area is 192 Å². The van der Waals surface area contributed by atoms with Crippen LogP contribution in [0.25, 0.3) is 0 Å². The van der Waals surface area contributed by atoms with Gasteiger partial charge in [0.2, 0.25) is 5.91 Å². The zero-order chi connectivity index (χ0) is 23.0. The molecule has 3 aromatic rings. The molecule has 1 N–H and O–H groups in total. The number of aryl methyl sites for hydroxylation is 1. The second-order valence-electron chi connectivity index (χ2n) is 8.15. The number of carbonyl (C=O) groups is 3. The predicted molar refractivity (Wildman–Crippen MR) is 125 cm³/mol. The third kappa shape index (κ3) is 4.09. The maximum Gasteiger partial charge on any atom is 0.241 e. The van der Waals surface area contributed by atoms with Gasteiger partial charge >= 0.3 is 0 Å². The Morgan fingerprint density at radius 1 is 0.938 bits per heavy atom. The lowest BCUT2D eigenvalue weighted by molar-refractivity contribution is -0.120. The molecule has 1 atom stereocenters. The van der Waals surface area contributed by atoms with Crippen LogP contribution in [0.3, 0.4) is 0 Å². The van der Waals surface area contributed by atoms with Crippen LogP contribution in [0, 0.1) is 6.92 Å². The van der Waals surface area contributed by atoms with E-state index in [0.29, 0.717) is 23.4 Å². The molecule has 4 rings (SSSR count). The van der Waals surface area contributed by atoms with Gasteiger partial charge < -0.3 is 5.32 Å². The summed E-state index contributed by atoms with van der Waals surface area (Å²) in [6, 6.07) is 17.4. The van der Waals surface area contributed by atoms with Crippen LogP contribution in [0.1, 0.15) is 49.9 Å². The largest absolute Gasteiger partial charge is 0.323 e. The number of ketones is 2. The first-order chi connectivity index (χ1) is 15.3. The fraction of sp³-hybridized carbons (Fsp3) is 0.192. The molecule has 0 saturated heterocycles. The minimum Gasteiger partial charge on any atom is -0.323 e. The topological polar surface area (TPSA) is 66.5 Å². The van der Waals surface area contributed by atoms with Gasteiger partial charge in [0.25, 0.3) is 0 Å². The van der Waals surface area contributed by atoms with Crippen LogP contribution in [0.2, 0.25) is 5.02 Å². The van der Waals surface area contributed by atoms with Crippen LogP contribution in [0.5, 0.6) is 0 Å². The molecule has 0 saturated carbocycles. The lowest BCUT2D eigenvalue weighted by Crippen LogP contribution is -2.39. The number of hydrogen-bond acceptors (Lipinski definition) is 4. The molecule has 0 bridgehead atoms. The number of anilines is 1. The third-order valence-corrected chi connectivity index (χ3v) is 6.18. The van der Waals surface area contributed by atoms with E-state index in [1.165, 1.54) is 17.7 Å². The van der Waals surface area contributed by atoms with E-state index in [0.717, 1.165) is 5.56 Å². The number of halogens is 1. The molecular weight excluding hydrogens is 424 g/mol. The molecule has 1 unspecified atom stereocenters. The Hall–Kier alpha value is -3.28. The van der Waals surface area contributed by atoms with Crippen molar-refractivity contribution in [2.75, 3.05) is 12.4 Å². The Bertz CT molecular complexity index is 1230. The first kappa shape index (κ1) is 21.9. The molecule has 0 spiro atoms. The van der Waals surface area contributed by atoms with Gasteiger partial charge in [-0.3, -0.25) is 19.3 Å². The van der Waals surface area contributed by atoms with Crippen LogP contribution < -0.4 is 5.32 Å². The molecule has 0 aromatic heterocycles. The van der Waals surface area contributed by atoms with Crippen LogP contribution in [0.15, 0.2) is 60.7 Å². The van der Waals surface area contributed by atoms with Crippen molar-refractivity contribution in [2.45, 2.75) is 26.4 Å². The number of carbonyl (C=O) groups excluding carboxylic acids is 3. The van der Waals surface area contributed by atoms with Crippen molar-refractivity contribution >= 4 is 34.8 Å². The van der Waals surface area contributed by atoms with E-state index in [1.807, 2.05) is 43.1 Å². The zero-order valence-electron chi connectivity index (χ0n) is 18.1. The molecular formula is C26H23ClN2O3. The second-order valence-corrected chi connectivity index (χ2v) is 8.55. The van der Waals surface area contributed by atoms with Crippen molar-refractivity contribution in [3.05, 3.63) is 99.1 Å². The number of likely N-dealkylation sites (N-methyl/N-ethyl adjacent to an activating group) is 1. The minimum absolute atomic E-state index is 0.214. The smallest absolute Gasteiger partial charge is 0.241 e. The molecule has 3 aromatic carbocycles. The molecule has 1 aliphatic rings. The number of nitrogens with zero attached hydrogens (tertiary/aromatic N) is 1. The average Bonchev–Trinajstić information content (AvgIpc) is 2.79. The highest BCUT2D eigenvalue weighted by Crippen LogP contribution is 2.33. The molecule has 0 heterocycles. The number of benzene rings is 3. The monoisotopic (exact) mass is 446 g/mol. The maximum atomic E-state index is 13.0. The van der Waals surface area contributed by atoms with Gasteiger partial charge in [0.1, 0.15) is 0 Å². The average molecular weight is 447 g/mol. The van der Waals surface area contributed by atoms with Crippen LogP contribution in [0.4, 0.5) is 5.69 Å². The fourth-order valence-electron chi connectivity index (χ4n) is 3.77. The highest BCUT2D eigenvalue weighted by molar-refractivity contribution is 6.36. The molecule has 1 amide bonds. The number of hydrogen-bond donors (Lipinski definition) is 1. The Morgan fingerprint density at radius 3 is 2.09 bits per heavy atom. The van der Waals surface area contributed by atoms with Gasteiger partial charge in [0.05, 0.1) is 16.8 Å². The van der Waals surface area contributed by atoms with Gasteiger partial charge in [-0.25, -0.2) is 0 Å². The highest BCUT2D eigenvalue weighted by Gasteiger charge is 2.31. The molecule has 32 heavy (non-hydrogen) atoms. The molecule has 6 heteroatoms. The van der Waals surface area contributed by atoms with Gasteiger partial charge in [-0.1, -0.05) is 65.7 Å². The molecule has 5 nitrogen and oxygen atoms in total. The van der Waals surface area contributed by atoms with E-state index < -0.39 is 6.04 Å². The van der Waals surface area contributed by atoms with Gasteiger partial charge in [0.15, 0.2) is 11.6 Å². The second kappa shape index (κ2) is 8.69. The summed E-state index contributed by atoms with van der Waals surface area (Å²) in [5.74, 6) is -0.760. The third-order valence-electron chi connectivity index (χ3n) is 5.86. The Balaban J connectivity index is 1.54. The van der Waals surface area contributed by atoms with Crippen molar-refractivity contribution in [3.8, 4) is 0 Å². The molecule has 162 valence electrons. The van der Waals surface area contributed by atoms with Crippen molar-refractivity contribution in [3.63, 3.8) is 0 Å². The summed E-state index contributed by atoms with van der Waals surface area (Å²) in [4.78, 5) is 40.6. The van der Waals surface area contributed by atoms with Crippen LogP contribution in [-0.2, 0) is 11.3 Å². The molecule has 0 fully saturated rings. The summed E-state index contributed by atoms with van der Waals surface area (Å²) in [6.45, 7) is 4.44. The zero-order valence-corrected chi connectivity index (χ0v) is 18.9. The molecule has 0 aliphatic heterocycles. The van der Waals surface area contributed by atoms with Crippen LogP contribution in [-0.4, -0.2) is 35.5 Å². The maximum absolute atomic E-state index is 13.0. The lowest BCUT2D eigenvalue weighted by atomic mass is 9.84. The van der Waals surface area contributed by atoms with E-state index in [-0.39, 0.29) is 33.6 Å². The normalized spacial score (nSPS) is 13.5. The quantitative estimate of drug-likeness (QED) is 0.474. The van der Waals surface area contributed by atoms with Gasteiger partial charge in [-0.05, 0) is 38.6 Å². The van der Waals surface area contributed by atoms with E-state index in [9.17, 15) is 14.4 Å². The lowest BCUT2D eigenvalue weighted by Gasteiger charge is -2.25. The first-order valence-corrected chi connectivity index (χ1v) is 10.7. The van der Waals surface area contributed by atoms with E-state index in [4.69, 9.17) is 11.6 Å². The number of amides is 1. The summed E-state index contributed by atoms with van der Waals surface area (Å²) in [6.07, 6.45) is 0. The van der Waals surface area contributed by atoms with E-state index in [2.05, 4.69) is 5.32 Å². The van der Waals surface area contributed by atoms with Gasteiger partial charge in [-0.2, -0.15) is 0 Å². The SMILES string of the molecule is Cc1ccc(CN(C)C(C)C(=O)Nc2cc3c(cc2Cl)C(=O)c2ccccc2C3=O)cc1. The first-order valence-electron chi connectivity index (χ1n) is 10.3. The van der Waals surface area contributed by atoms with E-state index in [1.54, 1.807) is 31.2 Å². The van der Waals surface area contributed by atoms with Gasteiger partial charge in [0, 0.05) is 28.8 Å². The summed E-state index contributed by atoms with van der Waals surface area (Å²) >= 11 is 6.38. The Morgan fingerprint density at radius 2 is 1.50 bits per heavy atom. The van der Waals surface area contributed by atoms with Gasteiger partial charge in [-0.15, -0.1) is 0 Å². The number of fused-ring (bicyclic) bond motifs is 2. The summed E-state index contributed by atoms with van der Waals surface area (Å²) < 4.78 is 0. The molecule has 1 aliphatic carbocycles. The van der Waals surface area contributed by atoms with Crippen LogP contribution >= 0.6 is 11.6 Å². The predicted octanol–water partition coefficient (Wildman–Crippen LogP) is 4.88. The van der Waals surface area contributed by atoms with Crippen molar-refractivity contribution in [2.24, 2.45) is 0 Å². The summed E-state index contributed by atoms with van der Waals surface area (Å²) in [7, 11) is 1.87. The number of rotatable bonds is 5. The number of nitrogens with one attached hydrogen (secondary N) is 1. The highest BCUT2D eigenvalue weighted by atomic mass is 35.5. The van der Waals surface area contributed by atoms with Crippen molar-refractivity contribution < 1.29 is 14.4 Å². The molecule has 0 radical (unpaired) electrons. The Kier molecular flexibility index (Phi) is 5.96.